The lowest BCUT2D eigenvalue weighted by Gasteiger charge is -2.32. The number of nitrogens with zero attached hydrogens (tertiary/aromatic N) is 2. The average Bonchev–Trinajstić information content (AvgIpc) is 2.87. The summed E-state index contributed by atoms with van der Waals surface area (Å²) in [4.78, 5) is 27.7. The quantitative estimate of drug-likeness (QED) is 0.449. The second kappa shape index (κ2) is 11.6. The fraction of sp³-hybridized carbons (Fsp3) is 0.259. The van der Waals surface area contributed by atoms with Gasteiger partial charge in [-0.2, -0.15) is 0 Å². The fourth-order valence-corrected chi connectivity index (χ4v) is 5.35. The zero-order chi connectivity index (χ0) is 26.5. The van der Waals surface area contributed by atoms with E-state index in [1.54, 1.807) is 61.5 Å². The number of carbonyl (C=O) groups is 2. The summed E-state index contributed by atoms with van der Waals surface area (Å²) in [5.74, 6) is -0.914. The lowest BCUT2D eigenvalue weighted by Crippen LogP contribution is -2.50. The van der Waals surface area contributed by atoms with E-state index in [0.717, 1.165) is 15.4 Å². The Kier molecular flexibility index (Phi) is 8.76. The van der Waals surface area contributed by atoms with Crippen LogP contribution in [0.25, 0.3) is 0 Å². The van der Waals surface area contributed by atoms with E-state index >= 15 is 0 Å². The largest absolute Gasteiger partial charge is 0.357 e. The van der Waals surface area contributed by atoms with Crippen molar-refractivity contribution >= 4 is 39.1 Å². The van der Waals surface area contributed by atoms with E-state index in [1.807, 2.05) is 19.9 Å². The Labute approximate surface area is 217 Å². The first kappa shape index (κ1) is 27.2. The number of halogens is 1. The standard InChI is InChI=1S/C27H30ClN3O4S/c1-19-14-15-23(16-20(19)2)31(36(34,35)24-11-6-5-7-12-24)18-26(32)30(21(3)27(33)29-4)17-22-10-8-9-13-25(22)28/h5-16,21H,17-18H2,1-4H3,(H,29,33)/t21-/m1/s1. The molecule has 3 aromatic rings. The summed E-state index contributed by atoms with van der Waals surface area (Å²) in [6.07, 6.45) is 0. The smallest absolute Gasteiger partial charge is 0.264 e. The average molecular weight is 528 g/mol. The molecule has 3 aromatic carbocycles. The van der Waals surface area contributed by atoms with Gasteiger partial charge in [0.05, 0.1) is 10.6 Å². The number of benzene rings is 3. The molecule has 0 saturated heterocycles. The predicted octanol–water partition coefficient (Wildman–Crippen LogP) is 4.32. The summed E-state index contributed by atoms with van der Waals surface area (Å²) in [6, 6.07) is 19.4. The third-order valence-electron chi connectivity index (χ3n) is 6.10. The van der Waals surface area contributed by atoms with Crippen molar-refractivity contribution in [3.05, 3.63) is 94.5 Å². The lowest BCUT2D eigenvalue weighted by atomic mass is 10.1. The highest BCUT2D eigenvalue weighted by Crippen LogP contribution is 2.27. The second-order valence-corrected chi connectivity index (χ2v) is 10.8. The maximum Gasteiger partial charge on any atom is 0.264 e. The number of likely N-dealkylation sites (N-methyl/N-ethyl adjacent to an activating group) is 1. The van der Waals surface area contributed by atoms with Crippen LogP contribution in [0.4, 0.5) is 5.69 Å². The summed E-state index contributed by atoms with van der Waals surface area (Å²) in [6.45, 7) is 4.95. The Morgan fingerprint density at radius 3 is 2.19 bits per heavy atom. The van der Waals surface area contributed by atoms with Gasteiger partial charge in [0.1, 0.15) is 12.6 Å². The van der Waals surface area contributed by atoms with Crippen LogP contribution in [0.2, 0.25) is 5.02 Å². The molecular weight excluding hydrogens is 498 g/mol. The van der Waals surface area contributed by atoms with Crippen molar-refractivity contribution < 1.29 is 18.0 Å². The number of nitrogens with one attached hydrogen (secondary N) is 1. The molecule has 0 fully saturated rings. The normalized spacial score (nSPS) is 12.0. The van der Waals surface area contributed by atoms with Crippen molar-refractivity contribution in [3.63, 3.8) is 0 Å². The summed E-state index contributed by atoms with van der Waals surface area (Å²) in [5, 5.41) is 3.00. The molecule has 7 nitrogen and oxygen atoms in total. The van der Waals surface area contributed by atoms with Gasteiger partial charge in [0.25, 0.3) is 10.0 Å². The van der Waals surface area contributed by atoms with Gasteiger partial charge < -0.3 is 10.2 Å². The summed E-state index contributed by atoms with van der Waals surface area (Å²) >= 11 is 6.33. The number of anilines is 1. The maximum atomic E-state index is 13.7. The molecule has 0 unspecified atom stereocenters. The molecule has 2 amide bonds. The van der Waals surface area contributed by atoms with Gasteiger partial charge >= 0.3 is 0 Å². The van der Waals surface area contributed by atoms with Crippen LogP contribution >= 0.6 is 11.6 Å². The molecule has 1 N–H and O–H groups in total. The summed E-state index contributed by atoms with van der Waals surface area (Å²) in [5.41, 5.74) is 2.89. The summed E-state index contributed by atoms with van der Waals surface area (Å²) < 4.78 is 28.5. The Morgan fingerprint density at radius 1 is 0.944 bits per heavy atom. The van der Waals surface area contributed by atoms with Crippen LogP contribution in [0.1, 0.15) is 23.6 Å². The van der Waals surface area contributed by atoms with Crippen LogP contribution in [0.15, 0.2) is 77.7 Å². The number of hydrogen-bond donors (Lipinski definition) is 1. The minimum absolute atomic E-state index is 0.0409. The molecule has 36 heavy (non-hydrogen) atoms. The lowest BCUT2D eigenvalue weighted by molar-refractivity contribution is -0.139. The molecule has 0 aliphatic heterocycles. The van der Waals surface area contributed by atoms with Crippen molar-refractivity contribution in [1.29, 1.82) is 0 Å². The molecule has 190 valence electrons. The Hall–Kier alpha value is -3.36. The highest BCUT2D eigenvalue weighted by molar-refractivity contribution is 7.92. The van der Waals surface area contributed by atoms with Gasteiger partial charge in [0.15, 0.2) is 0 Å². The van der Waals surface area contributed by atoms with E-state index in [-0.39, 0.29) is 17.3 Å². The van der Waals surface area contributed by atoms with Crippen molar-refractivity contribution in [2.75, 3.05) is 17.9 Å². The number of hydrogen-bond acceptors (Lipinski definition) is 4. The minimum Gasteiger partial charge on any atom is -0.357 e. The van der Waals surface area contributed by atoms with E-state index in [2.05, 4.69) is 5.32 Å². The van der Waals surface area contributed by atoms with E-state index in [1.165, 1.54) is 24.1 Å². The molecule has 1 atom stereocenters. The van der Waals surface area contributed by atoms with Crippen LogP contribution < -0.4 is 9.62 Å². The molecule has 0 aliphatic rings. The van der Waals surface area contributed by atoms with Crippen molar-refractivity contribution in [2.24, 2.45) is 0 Å². The highest BCUT2D eigenvalue weighted by Gasteiger charge is 2.32. The second-order valence-electron chi connectivity index (χ2n) is 8.50. The Balaban J connectivity index is 2.06. The first-order chi connectivity index (χ1) is 17.1. The maximum absolute atomic E-state index is 13.7. The number of rotatable bonds is 9. The van der Waals surface area contributed by atoms with Crippen molar-refractivity contribution in [2.45, 2.75) is 38.3 Å². The monoisotopic (exact) mass is 527 g/mol. The number of aryl methyl sites for hydroxylation is 2. The zero-order valence-corrected chi connectivity index (χ0v) is 22.3. The van der Waals surface area contributed by atoms with Crippen LogP contribution in [-0.2, 0) is 26.2 Å². The minimum atomic E-state index is -4.09. The molecule has 0 bridgehead atoms. The summed E-state index contributed by atoms with van der Waals surface area (Å²) in [7, 11) is -2.60. The van der Waals surface area contributed by atoms with Gasteiger partial charge in [0, 0.05) is 18.6 Å². The zero-order valence-electron chi connectivity index (χ0n) is 20.7. The van der Waals surface area contributed by atoms with Gasteiger partial charge in [-0.3, -0.25) is 13.9 Å². The van der Waals surface area contributed by atoms with Crippen LogP contribution in [0, 0.1) is 13.8 Å². The fourth-order valence-electron chi connectivity index (χ4n) is 3.73. The van der Waals surface area contributed by atoms with Gasteiger partial charge in [-0.15, -0.1) is 0 Å². The third-order valence-corrected chi connectivity index (χ3v) is 8.26. The molecule has 0 saturated carbocycles. The first-order valence-electron chi connectivity index (χ1n) is 11.5. The van der Waals surface area contributed by atoms with Gasteiger partial charge in [-0.1, -0.05) is 54.1 Å². The van der Waals surface area contributed by atoms with Crippen LogP contribution in [-0.4, -0.2) is 44.8 Å². The van der Waals surface area contributed by atoms with Gasteiger partial charge in [0.2, 0.25) is 11.8 Å². The van der Waals surface area contributed by atoms with Gasteiger partial charge in [-0.25, -0.2) is 8.42 Å². The first-order valence-corrected chi connectivity index (χ1v) is 13.3. The van der Waals surface area contributed by atoms with Crippen LogP contribution in [0.5, 0.6) is 0 Å². The molecule has 0 aliphatic carbocycles. The van der Waals surface area contributed by atoms with Crippen molar-refractivity contribution in [3.8, 4) is 0 Å². The Morgan fingerprint density at radius 2 is 1.58 bits per heavy atom. The predicted molar refractivity (Wildman–Crippen MR) is 142 cm³/mol. The Bertz CT molecular complexity index is 1350. The SMILES string of the molecule is CNC(=O)[C@@H](C)N(Cc1ccccc1Cl)C(=O)CN(c1ccc(C)c(C)c1)S(=O)(=O)c1ccccc1. The van der Waals surface area contributed by atoms with Crippen molar-refractivity contribution in [1.82, 2.24) is 10.2 Å². The van der Waals surface area contributed by atoms with Crippen LogP contribution in [0.3, 0.4) is 0 Å². The van der Waals surface area contributed by atoms with E-state index in [0.29, 0.717) is 16.3 Å². The highest BCUT2D eigenvalue weighted by atomic mass is 35.5. The molecular formula is C27H30ClN3O4S. The molecule has 0 heterocycles. The molecule has 3 rings (SSSR count). The van der Waals surface area contributed by atoms with Gasteiger partial charge in [-0.05, 0) is 67.8 Å². The van der Waals surface area contributed by atoms with E-state index < -0.39 is 28.5 Å². The van der Waals surface area contributed by atoms with E-state index in [4.69, 9.17) is 11.6 Å². The molecule has 0 spiro atoms. The molecule has 9 heteroatoms. The number of sulfonamides is 1. The topological polar surface area (TPSA) is 86.8 Å². The number of carbonyl (C=O) groups excluding carboxylic acids is 2. The van der Waals surface area contributed by atoms with E-state index in [9.17, 15) is 18.0 Å². The molecule has 0 radical (unpaired) electrons. The number of amides is 2. The third kappa shape index (κ3) is 6.06. The molecule has 0 aromatic heterocycles.